The van der Waals surface area contributed by atoms with Crippen LogP contribution in [-0.2, 0) is 11.2 Å². The number of likely N-dealkylation sites (N-methyl/N-ethyl adjacent to an activating group) is 1. The molecule has 0 atom stereocenters. The van der Waals surface area contributed by atoms with Gasteiger partial charge in [-0.15, -0.1) is 6.58 Å². The SMILES string of the molecule is C=CCc1cc(N)ccc1OCC(=O)NCC. The van der Waals surface area contributed by atoms with Gasteiger partial charge in [0.05, 0.1) is 0 Å². The Labute approximate surface area is 101 Å². The summed E-state index contributed by atoms with van der Waals surface area (Å²) in [5, 5.41) is 2.67. The highest BCUT2D eigenvalue weighted by Gasteiger charge is 2.05. The van der Waals surface area contributed by atoms with Gasteiger partial charge >= 0.3 is 0 Å². The van der Waals surface area contributed by atoms with E-state index in [4.69, 9.17) is 10.5 Å². The first kappa shape index (κ1) is 13.1. The molecule has 0 aromatic heterocycles. The van der Waals surface area contributed by atoms with Crippen LogP contribution in [-0.4, -0.2) is 19.1 Å². The van der Waals surface area contributed by atoms with Crippen LogP contribution in [0.1, 0.15) is 12.5 Å². The van der Waals surface area contributed by atoms with Gasteiger partial charge in [-0.25, -0.2) is 0 Å². The molecule has 0 saturated carbocycles. The molecule has 1 rings (SSSR count). The summed E-state index contributed by atoms with van der Waals surface area (Å²) in [5.74, 6) is 0.541. The van der Waals surface area contributed by atoms with Crippen molar-refractivity contribution >= 4 is 11.6 Å². The third-order valence-electron chi connectivity index (χ3n) is 2.18. The van der Waals surface area contributed by atoms with E-state index in [2.05, 4.69) is 11.9 Å². The molecule has 0 aliphatic rings. The van der Waals surface area contributed by atoms with Crippen molar-refractivity contribution in [3.63, 3.8) is 0 Å². The summed E-state index contributed by atoms with van der Waals surface area (Å²) < 4.78 is 5.44. The summed E-state index contributed by atoms with van der Waals surface area (Å²) in [7, 11) is 0. The average Bonchev–Trinajstić information content (AvgIpc) is 2.29. The normalized spacial score (nSPS) is 9.71. The summed E-state index contributed by atoms with van der Waals surface area (Å²) in [6.45, 7) is 6.16. The Morgan fingerprint density at radius 1 is 1.59 bits per heavy atom. The van der Waals surface area contributed by atoms with Gasteiger partial charge in [0.2, 0.25) is 0 Å². The Morgan fingerprint density at radius 2 is 2.35 bits per heavy atom. The molecular weight excluding hydrogens is 216 g/mol. The summed E-state index contributed by atoms with van der Waals surface area (Å²) in [6, 6.07) is 5.35. The van der Waals surface area contributed by atoms with Gasteiger partial charge in [0.1, 0.15) is 5.75 Å². The van der Waals surface area contributed by atoms with Crippen LogP contribution in [0.25, 0.3) is 0 Å². The van der Waals surface area contributed by atoms with Crippen LogP contribution >= 0.6 is 0 Å². The topological polar surface area (TPSA) is 64.3 Å². The van der Waals surface area contributed by atoms with E-state index >= 15 is 0 Å². The Hall–Kier alpha value is -1.97. The molecule has 0 aliphatic carbocycles. The van der Waals surface area contributed by atoms with Crippen LogP contribution in [0.3, 0.4) is 0 Å². The first-order valence-electron chi connectivity index (χ1n) is 5.56. The lowest BCUT2D eigenvalue weighted by Gasteiger charge is -2.10. The minimum absolute atomic E-state index is 0.0158. The molecule has 0 saturated heterocycles. The third kappa shape index (κ3) is 4.18. The maximum Gasteiger partial charge on any atom is 0.257 e. The van der Waals surface area contributed by atoms with Gasteiger partial charge in [0, 0.05) is 12.2 Å². The van der Waals surface area contributed by atoms with E-state index < -0.39 is 0 Å². The van der Waals surface area contributed by atoms with Crippen molar-refractivity contribution in [2.75, 3.05) is 18.9 Å². The van der Waals surface area contributed by atoms with Crippen molar-refractivity contribution in [2.24, 2.45) is 0 Å². The molecule has 1 aromatic rings. The number of allylic oxidation sites excluding steroid dienone is 1. The van der Waals surface area contributed by atoms with E-state index in [0.29, 0.717) is 24.4 Å². The quantitative estimate of drug-likeness (QED) is 0.579. The van der Waals surface area contributed by atoms with Crippen molar-refractivity contribution in [3.05, 3.63) is 36.4 Å². The number of ether oxygens (including phenoxy) is 1. The number of carbonyl (C=O) groups excluding carboxylic acids is 1. The standard InChI is InChI=1S/C13H18N2O2/c1-3-5-10-8-11(14)6-7-12(10)17-9-13(16)15-4-2/h3,6-8H,1,4-5,9,14H2,2H3,(H,15,16). The van der Waals surface area contributed by atoms with Crippen LogP contribution in [0.5, 0.6) is 5.75 Å². The summed E-state index contributed by atoms with van der Waals surface area (Å²) in [4.78, 5) is 11.3. The number of nitrogens with one attached hydrogen (secondary N) is 1. The molecule has 0 heterocycles. The molecule has 1 aromatic carbocycles. The Morgan fingerprint density at radius 3 is 3.00 bits per heavy atom. The molecule has 1 amide bonds. The molecule has 0 bridgehead atoms. The minimum Gasteiger partial charge on any atom is -0.483 e. The van der Waals surface area contributed by atoms with Crippen molar-refractivity contribution in [2.45, 2.75) is 13.3 Å². The molecule has 0 aliphatic heterocycles. The Balaban J connectivity index is 2.69. The van der Waals surface area contributed by atoms with Crippen LogP contribution in [0, 0.1) is 0 Å². The molecule has 0 unspecified atom stereocenters. The predicted octanol–water partition coefficient (Wildman–Crippen LogP) is 1.51. The number of nitrogens with two attached hydrogens (primary N) is 1. The Bertz CT molecular complexity index is 402. The number of carbonyl (C=O) groups is 1. The number of benzene rings is 1. The molecule has 92 valence electrons. The minimum atomic E-state index is -0.131. The number of amides is 1. The van der Waals surface area contributed by atoms with Gasteiger partial charge in [-0.05, 0) is 37.1 Å². The smallest absolute Gasteiger partial charge is 0.257 e. The fourth-order valence-electron chi connectivity index (χ4n) is 1.45. The molecule has 3 N–H and O–H groups in total. The van der Waals surface area contributed by atoms with Gasteiger partial charge in [0.25, 0.3) is 5.91 Å². The molecule has 0 radical (unpaired) electrons. The van der Waals surface area contributed by atoms with Crippen LogP contribution in [0.2, 0.25) is 0 Å². The second-order valence-corrected chi connectivity index (χ2v) is 3.60. The van der Waals surface area contributed by atoms with E-state index in [1.807, 2.05) is 13.0 Å². The highest BCUT2D eigenvalue weighted by atomic mass is 16.5. The van der Waals surface area contributed by atoms with E-state index in [-0.39, 0.29) is 12.5 Å². The van der Waals surface area contributed by atoms with Gasteiger partial charge in [-0.3, -0.25) is 4.79 Å². The van der Waals surface area contributed by atoms with E-state index in [1.54, 1.807) is 18.2 Å². The van der Waals surface area contributed by atoms with Crippen LogP contribution < -0.4 is 15.8 Å². The summed E-state index contributed by atoms with van der Waals surface area (Å²) >= 11 is 0. The number of anilines is 1. The number of nitrogen functional groups attached to an aromatic ring is 1. The zero-order valence-electron chi connectivity index (χ0n) is 10.0. The monoisotopic (exact) mass is 234 g/mol. The second kappa shape index (κ2) is 6.58. The van der Waals surface area contributed by atoms with Gasteiger partial charge < -0.3 is 15.8 Å². The molecule has 0 fully saturated rings. The Kier molecular flexibility index (Phi) is 5.07. The maximum atomic E-state index is 11.3. The molecule has 17 heavy (non-hydrogen) atoms. The zero-order valence-corrected chi connectivity index (χ0v) is 10.0. The maximum absolute atomic E-state index is 11.3. The zero-order chi connectivity index (χ0) is 12.7. The fraction of sp³-hybridized carbons (Fsp3) is 0.308. The van der Waals surface area contributed by atoms with E-state index in [1.165, 1.54) is 0 Å². The number of hydrogen-bond acceptors (Lipinski definition) is 3. The van der Waals surface area contributed by atoms with Crippen molar-refractivity contribution in [1.82, 2.24) is 5.32 Å². The first-order chi connectivity index (χ1) is 8.17. The van der Waals surface area contributed by atoms with Crippen molar-refractivity contribution in [1.29, 1.82) is 0 Å². The summed E-state index contributed by atoms with van der Waals surface area (Å²) in [6.07, 6.45) is 2.43. The van der Waals surface area contributed by atoms with Crippen molar-refractivity contribution < 1.29 is 9.53 Å². The number of rotatable bonds is 6. The van der Waals surface area contributed by atoms with Crippen molar-refractivity contribution in [3.8, 4) is 5.75 Å². The fourth-order valence-corrected chi connectivity index (χ4v) is 1.45. The average molecular weight is 234 g/mol. The highest BCUT2D eigenvalue weighted by Crippen LogP contribution is 2.22. The van der Waals surface area contributed by atoms with Gasteiger partial charge in [-0.2, -0.15) is 0 Å². The highest BCUT2D eigenvalue weighted by molar-refractivity contribution is 5.77. The predicted molar refractivity (Wildman–Crippen MR) is 68.9 cm³/mol. The van der Waals surface area contributed by atoms with Crippen LogP contribution in [0.15, 0.2) is 30.9 Å². The molecule has 0 spiro atoms. The molecular formula is C13H18N2O2. The second-order valence-electron chi connectivity index (χ2n) is 3.60. The molecule has 4 nitrogen and oxygen atoms in total. The summed E-state index contributed by atoms with van der Waals surface area (Å²) in [5.41, 5.74) is 7.30. The lowest BCUT2D eigenvalue weighted by Crippen LogP contribution is -2.28. The van der Waals surface area contributed by atoms with Crippen LogP contribution in [0.4, 0.5) is 5.69 Å². The third-order valence-corrected chi connectivity index (χ3v) is 2.18. The lowest BCUT2D eigenvalue weighted by molar-refractivity contribution is -0.122. The van der Waals surface area contributed by atoms with Gasteiger partial charge in [-0.1, -0.05) is 6.08 Å². The number of hydrogen-bond donors (Lipinski definition) is 2. The molecule has 4 heteroatoms. The largest absolute Gasteiger partial charge is 0.483 e. The first-order valence-corrected chi connectivity index (χ1v) is 5.56. The van der Waals surface area contributed by atoms with E-state index in [0.717, 1.165) is 5.56 Å². The lowest BCUT2D eigenvalue weighted by atomic mass is 10.1. The van der Waals surface area contributed by atoms with Gasteiger partial charge in [0.15, 0.2) is 6.61 Å². The van der Waals surface area contributed by atoms with E-state index in [9.17, 15) is 4.79 Å².